The molecule has 2 N–H and O–H groups in total. The van der Waals surface area contributed by atoms with E-state index >= 15 is 0 Å². The molecule has 0 saturated carbocycles. The van der Waals surface area contributed by atoms with Crippen molar-refractivity contribution in [3.63, 3.8) is 0 Å². The van der Waals surface area contributed by atoms with Crippen LogP contribution >= 0.6 is 24.0 Å². The summed E-state index contributed by atoms with van der Waals surface area (Å²) in [4.78, 5) is 0.270. The van der Waals surface area contributed by atoms with E-state index in [4.69, 9.17) is 18.0 Å². The molecule has 0 radical (unpaired) electrons. The Labute approximate surface area is 103 Å². The summed E-state index contributed by atoms with van der Waals surface area (Å²) >= 11 is 6.45. The molecule has 0 bridgehead atoms. The molecule has 0 atom stereocenters. The lowest BCUT2D eigenvalue weighted by atomic mass is 10.3. The van der Waals surface area contributed by atoms with Crippen LogP contribution in [0.15, 0.2) is 35.4 Å². The highest BCUT2D eigenvalue weighted by molar-refractivity contribution is 7.98. The van der Waals surface area contributed by atoms with Crippen molar-refractivity contribution in [1.82, 2.24) is 15.0 Å². The van der Waals surface area contributed by atoms with E-state index in [2.05, 4.69) is 10.3 Å². The van der Waals surface area contributed by atoms with Gasteiger partial charge in [0, 0.05) is 0 Å². The molecule has 0 saturated heterocycles. The van der Waals surface area contributed by atoms with E-state index < -0.39 is 0 Å². The third-order valence-electron chi connectivity index (χ3n) is 2.06. The van der Waals surface area contributed by atoms with Gasteiger partial charge in [0.1, 0.15) is 10.0 Å². The first-order valence-corrected chi connectivity index (χ1v) is 6.22. The number of thioether (sulfide) groups is 1. The summed E-state index contributed by atoms with van der Waals surface area (Å²) in [5.41, 5.74) is 7.11. The molecule has 2 rings (SSSR count). The first-order chi connectivity index (χ1) is 7.74. The lowest BCUT2D eigenvalue weighted by Crippen LogP contribution is -2.11. The van der Waals surface area contributed by atoms with Gasteiger partial charge in [0.15, 0.2) is 5.69 Å². The van der Waals surface area contributed by atoms with Gasteiger partial charge in [-0.1, -0.05) is 35.6 Å². The number of nitrogens with two attached hydrogens (primary N) is 1. The van der Waals surface area contributed by atoms with Crippen LogP contribution in [0.4, 0.5) is 0 Å². The lowest BCUT2D eigenvalue weighted by Gasteiger charge is -2.04. The fourth-order valence-corrected chi connectivity index (χ4v) is 2.21. The minimum atomic E-state index is 0.270. The average Bonchev–Trinajstić information content (AvgIpc) is 2.73. The van der Waals surface area contributed by atoms with E-state index in [0.717, 1.165) is 10.7 Å². The molecular formula is C10H10N4S2. The number of thiocarbonyl (C=S) groups is 1. The Balaban J connectivity index is 2.54. The number of hydrogen-bond acceptors (Lipinski definition) is 4. The van der Waals surface area contributed by atoms with Crippen molar-refractivity contribution in [2.45, 2.75) is 5.03 Å². The third-order valence-corrected chi connectivity index (χ3v) is 3.00. The summed E-state index contributed by atoms with van der Waals surface area (Å²) in [6.07, 6.45) is 1.94. The third kappa shape index (κ3) is 1.94. The normalized spacial score (nSPS) is 10.3. The first kappa shape index (κ1) is 11.1. The Morgan fingerprint density at radius 2 is 2.06 bits per heavy atom. The zero-order chi connectivity index (χ0) is 11.5. The molecule has 6 heteroatoms. The quantitative estimate of drug-likeness (QED) is 0.662. The van der Waals surface area contributed by atoms with Crippen LogP contribution < -0.4 is 5.73 Å². The van der Waals surface area contributed by atoms with Crippen LogP contribution in [-0.2, 0) is 0 Å². The van der Waals surface area contributed by atoms with E-state index in [1.807, 2.05) is 36.6 Å². The first-order valence-electron chi connectivity index (χ1n) is 4.59. The molecule has 82 valence electrons. The summed E-state index contributed by atoms with van der Waals surface area (Å²) < 4.78 is 1.74. The van der Waals surface area contributed by atoms with E-state index in [1.165, 1.54) is 11.8 Å². The van der Waals surface area contributed by atoms with Crippen molar-refractivity contribution in [2.75, 3.05) is 6.26 Å². The fraction of sp³-hybridized carbons (Fsp3) is 0.100. The molecule has 0 aliphatic carbocycles. The molecule has 1 aromatic heterocycles. The second-order valence-electron chi connectivity index (χ2n) is 3.06. The van der Waals surface area contributed by atoms with Gasteiger partial charge in [0.25, 0.3) is 0 Å². The maximum atomic E-state index is 5.58. The van der Waals surface area contributed by atoms with Gasteiger partial charge in [0.2, 0.25) is 0 Å². The second-order valence-corrected chi connectivity index (χ2v) is 4.29. The molecule has 0 aliphatic rings. The number of nitrogens with zero attached hydrogens (tertiary/aromatic N) is 3. The zero-order valence-corrected chi connectivity index (χ0v) is 10.3. The summed E-state index contributed by atoms with van der Waals surface area (Å²) in [6.45, 7) is 0. The maximum Gasteiger partial charge on any atom is 0.154 e. The van der Waals surface area contributed by atoms with Gasteiger partial charge in [-0.15, -0.1) is 16.9 Å². The van der Waals surface area contributed by atoms with Gasteiger partial charge in [-0.25, -0.2) is 4.68 Å². The summed E-state index contributed by atoms with van der Waals surface area (Å²) in [5, 5.41) is 8.91. The van der Waals surface area contributed by atoms with Crippen molar-refractivity contribution < 1.29 is 0 Å². The predicted molar refractivity (Wildman–Crippen MR) is 69.0 cm³/mol. The Bertz CT molecular complexity index is 507. The predicted octanol–water partition coefficient (Wildman–Crippen LogP) is 1.62. The Morgan fingerprint density at radius 1 is 1.38 bits per heavy atom. The van der Waals surface area contributed by atoms with E-state index in [0.29, 0.717) is 5.69 Å². The van der Waals surface area contributed by atoms with Gasteiger partial charge < -0.3 is 5.73 Å². The Kier molecular flexibility index (Phi) is 3.21. The molecule has 16 heavy (non-hydrogen) atoms. The van der Waals surface area contributed by atoms with Crippen LogP contribution in [0.2, 0.25) is 0 Å². The Morgan fingerprint density at radius 3 is 2.62 bits per heavy atom. The van der Waals surface area contributed by atoms with Gasteiger partial charge in [-0.2, -0.15) is 0 Å². The van der Waals surface area contributed by atoms with Crippen LogP contribution in [0.3, 0.4) is 0 Å². The van der Waals surface area contributed by atoms with Crippen molar-refractivity contribution in [3.05, 3.63) is 36.0 Å². The molecular weight excluding hydrogens is 240 g/mol. The Hall–Kier alpha value is -1.40. The smallest absolute Gasteiger partial charge is 0.154 e. The number of benzene rings is 1. The monoisotopic (exact) mass is 250 g/mol. The molecule has 2 aromatic rings. The van der Waals surface area contributed by atoms with Gasteiger partial charge in [-0.3, -0.25) is 0 Å². The van der Waals surface area contributed by atoms with E-state index in [9.17, 15) is 0 Å². The SMILES string of the molecule is CSc1c(C(N)=S)nnn1-c1ccccc1. The highest BCUT2D eigenvalue weighted by Crippen LogP contribution is 2.21. The number of hydrogen-bond donors (Lipinski definition) is 1. The molecule has 0 spiro atoms. The second kappa shape index (κ2) is 4.63. The summed E-state index contributed by atoms with van der Waals surface area (Å²) in [7, 11) is 0. The van der Waals surface area contributed by atoms with E-state index in [1.54, 1.807) is 4.68 Å². The van der Waals surface area contributed by atoms with E-state index in [-0.39, 0.29) is 4.99 Å². The van der Waals surface area contributed by atoms with Crippen molar-refractivity contribution in [2.24, 2.45) is 5.73 Å². The lowest BCUT2D eigenvalue weighted by molar-refractivity contribution is 0.757. The molecule has 0 amide bonds. The molecule has 4 nitrogen and oxygen atoms in total. The molecule has 0 unspecified atom stereocenters. The van der Waals surface area contributed by atoms with Gasteiger partial charge in [-0.05, 0) is 18.4 Å². The maximum absolute atomic E-state index is 5.58. The van der Waals surface area contributed by atoms with Crippen LogP contribution in [0.1, 0.15) is 5.69 Å². The zero-order valence-electron chi connectivity index (χ0n) is 8.62. The number of rotatable bonds is 3. The summed E-state index contributed by atoms with van der Waals surface area (Å²) in [5.74, 6) is 0. The minimum absolute atomic E-state index is 0.270. The molecule has 0 aliphatic heterocycles. The molecule has 1 aromatic carbocycles. The highest BCUT2D eigenvalue weighted by Gasteiger charge is 2.14. The van der Waals surface area contributed by atoms with Crippen LogP contribution in [0.25, 0.3) is 5.69 Å². The van der Waals surface area contributed by atoms with Crippen molar-refractivity contribution in [1.29, 1.82) is 0 Å². The van der Waals surface area contributed by atoms with Crippen LogP contribution in [0, 0.1) is 0 Å². The largest absolute Gasteiger partial charge is 0.388 e. The average molecular weight is 250 g/mol. The molecule has 0 fully saturated rings. The highest BCUT2D eigenvalue weighted by atomic mass is 32.2. The standard InChI is InChI=1S/C10H10N4S2/c1-16-10-8(9(11)15)12-13-14(10)7-5-3-2-4-6-7/h2-6H,1H3,(H2,11,15). The molecule has 1 heterocycles. The summed E-state index contributed by atoms with van der Waals surface area (Å²) in [6, 6.07) is 9.76. The topological polar surface area (TPSA) is 56.7 Å². The van der Waals surface area contributed by atoms with Gasteiger partial charge in [0.05, 0.1) is 5.69 Å². The van der Waals surface area contributed by atoms with Crippen molar-refractivity contribution in [3.8, 4) is 5.69 Å². The van der Waals surface area contributed by atoms with Crippen LogP contribution in [0.5, 0.6) is 0 Å². The van der Waals surface area contributed by atoms with Crippen LogP contribution in [-0.4, -0.2) is 26.2 Å². The van der Waals surface area contributed by atoms with Gasteiger partial charge >= 0.3 is 0 Å². The minimum Gasteiger partial charge on any atom is -0.388 e. The number of aromatic nitrogens is 3. The number of para-hydroxylation sites is 1. The van der Waals surface area contributed by atoms with Crippen molar-refractivity contribution >= 4 is 29.0 Å². The fourth-order valence-electron chi connectivity index (χ4n) is 1.35.